The molecule has 0 saturated carbocycles. The third kappa shape index (κ3) is 20.1. The van der Waals surface area contributed by atoms with Crippen LogP contribution in [-0.2, 0) is 14.3 Å². The Morgan fingerprint density at radius 3 is 2.16 bits per heavy atom. The van der Waals surface area contributed by atoms with Gasteiger partial charge in [0.2, 0.25) is 0 Å². The van der Waals surface area contributed by atoms with Gasteiger partial charge in [-0.25, -0.2) is 9.59 Å². The summed E-state index contributed by atoms with van der Waals surface area (Å²) in [7, 11) is 0. The van der Waals surface area contributed by atoms with E-state index >= 15 is 0 Å². The van der Waals surface area contributed by atoms with E-state index in [1.54, 1.807) is 6.08 Å². The minimum Gasteiger partial charge on any atom is -0.478 e. The van der Waals surface area contributed by atoms with E-state index in [-0.39, 0.29) is 11.5 Å². The maximum atomic E-state index is 11.2. The van der Waals surface area contributed by atoms with Crippen molar-refractivity contribution in [3.05, 3.63) is 36.0 Å². The van der Waals surface area contributed by atoms with E-state index in [1.807, 2.05) is 19.9 Å². The second-order valence-electron chi connectivity index (χ2n) is 6.79. The van der Waals surface area contributed by atoms with Crippen LogP contribution in [0.3, 0.4) is 0 Å². The molecule has 0 bridgehead atoms. The third-order valence-corrected chi connectivity index (χ3v) is 3.39. The molecule has 1 N–H and O–H groups in total. The lowest BCUT2D eigenvalue weighted by Gasteiger charge is -2.09. The summed E-state index contributed by atoms with van der Waals surface area (Å²) < 4.78 is 4.87. The minimum absolute atomic E-state index is 0.176. The van der Waals surface area contributed by atoms with E-state index in [4.69, 9.17) is 9.84 Å². The Hall–Kier alpha value is -1.84. The van der Waals surface area contributed by atoms with Gasteiger partial charge in [-0.3, -0.25) is 0 Å². The van der Waals surface area contributed by atoms with Crippen LogP contribution in [0.25, 0.3) is 0 Å². The zero-order valence-corrected chi connectivity index (χ0v) is 16.8. The van der Waals surface area contributed by atoms with Crippen molar-refractivity contribution >= 4 is 11.9 Å². The summed E-state index contributed by atoms with van der Waals surface area (Å²) in [6.45, 7) is 15.6. The largest absolute Gasteiger partial charge is 0.478 e. The molecule has 0 aliphatic heterocycles. The number of ether oxygens (including phenoxy) is 1. The fourth-order valence-electron chi connectivity index (χ4n) is 1.90. The highest BCUT2D eigenvalue weighted by Gasteiger charge is 2.01. The molecule has 0 aromatic rings. The van der Waals surface area contributed by atoms with Gasteiger partial charge in [0.15, 0.2) is 0 Å². The second-order valence-corrected chi connectivity index (χ2v) is 6.79. The first-order valence-corrected chi connectivity index (χ1v) is 9.00. The molecule has 1 atom stereocenters. The summed E-state index contributed by atoms with van der Waals surface area (Å²) in [5.74, 6) is 0.326. The van der Waals surface area contributed by atoms with E-state index in [2.05, 4.69) is 33.4 Å². The van der Waals surface area contributed by atoms with Crippen LogP contribution in [0.4, 0.5) is 0 Å². The van der Waals surface area contributed by atoms with Gasteiger partial charge in [-0.15, -0.1) is 0 Å². The Morgan fingerprint density at radius 1 is 1.16 bits per heavy atom. The summed E-state index contributed by atoms with van der Waals surface area (Å²) in [5, 5.41) is 7.89. The summed E-state index contributed by atoms with van der Waals surface area (Å²) in [6.07, 6.45) is 10.7. The molecule has 0 amide bonds. The van der Waals surface area contributed by atoms with Crippen LogP contribution in [0.1, 0.15) is 67.2 Å². The minimum atomic E-state index is -0.935. The van der Waals surface area contributed by atoms with Gasteiger partial charge >= 0.3 is 11.9 Å². The molecular weight excluding hydrogens is 316 g/mol. The molecule has 0 aromatic heterocycles. The maximum absolute atomic E-state index is 11.2. The van der Waals surface area contributed by atoms with Gasteiger partial charge < -0.3 is 9.84 Å². The topological polar surface area (TPSA) is 63.6 Å². The van der Waals surface area contributed by atoms with E-state index in [9.17, 15) is 9.59 Å². The first-order chi connectivity index (χ1) is 11.6. The highest BCUT2D eigenvalue weighted by Crippen LogP contribution is 2.15. The molecule has 0 fully saturated rings. The van der Waals surface area contributed by atoms with E-state index in [0.717, 1.165) is 17.9 Å². The van der Waals surface area contributed by atoms with E-state index in [1.165, 1.54) is 26.2 Å². The molecule has 0 saturated heterocycles. The maximum Gasteiger partial charge on any atom is 0.330 e. The van der Waals surface area contributed by atoms with Crippen LogP contribution in [0.5, 0.6) is 0 Å². The summed E-state index contributed by atoms with van der Waals surface area (Å²) in [6, 6.07) is 0. The highest BCUT2D eigenvalue weighted by molar-refractivity contribution is 5.84. The quantitative estimate of drug-likeness (QED) is 0.318. The third-order valence-electron chi connectivity index (χ3n) is 3.39. The number of hydrogen-bond acceptors (Lipinski definition) is 3. The smallest absolute Gasteiger partial charge is 0.330 e. The fourth-order valence-corrected chi connectivity index (χ4v) is 1.90. The number of esters is 1. The Kier molecular flexibility index (Phi) is 15.9. The molecule has 0 aromatic carbocycles. The molecule has 4 nitrogen and oxygen atoms in total. The zero-order chi connectivity index (χ0) is 19.8. The highest BCUT2D eigenvalue weighted by atomic mass is 16.5. The standard InChI is InChI=1S/C17H30O2.C4H6O2/c1-6-19-17(18)13-16(5)12-8-11-15(4)10-7-9-14(2)3;1-3(2)4(5)6/h8,12-15H,6-7,9-11H2,1-5H3;1H2,2H3,(H,5,6)/b12-8+,16-13+;. The molecule has 0 heterocycles. The molecule has 0 rings (SSSR count). The second kappa shape index (κ2) is 15.7. The SMILES string of the molecule is C=C(C)C(=O)O.CCOC(=O)/C=C(C)/C=C/CC(C)CCCC(C)C. The van der Waals surface area contributed by atoms with Gasteiger partial charge in [0.25, 0.3) is 0 Å². The first-order valence-electron chi connectivity index (χ1n) is 9.00. The number of hydrogen-bond donors (Lipinski definition) is 1. The molecule has 0 spiro atoms. The molecule has 0 aliphatic rings. The predicted octanol–water partition coefficient (Wildman–Crippen LogP) is 5.55. The van der Waals surface area contributed by atoms with Crippen LogP contribution in [0.15, 0.2) is 36.0 Å². The van der Waals surface area contributed by atoms with Gasteiger partial charge in [0.1, 0.15) is 0 Å². The first kappa shape index (κ1) is 25.4. The fraction of sp³-hybridized carbons (Fsp3) is 0.619. The van der Waals surface area contributed by atoms with Gasteiger partial charge in [-0.2, -0.15) is 0 Å². The number of allylic oxidation sites excluding steroid dienone is 3. The average molecular weight is 353 g/mol. The summed E-state index contributed by atoms with van der Waals surface area (Å²) >= 11 is 0. The number of aliphatic carboxylic acids is 1. The number of carbonyl (C=O) groups excluding carboxylic acids is 1. The van der Waals surface area contributed by atoms with Gasteiger partial charge in [0, 0.05) is 11.6 Å². The van der Waals surface area contributed by atoms with Crippen LogP contribution < -0.4 is 0 Å². The number of carboxylic acid groups (broad SMARTS) is 1. The van der Waals surface area contributed by atoms with Crippen LogP contribution >= 0.6 is 0 Å². The van der Waals surface area contributed by atoms with Crippen molar-refractivity contribution in [2.45, 2.75) is 67.2 Å². The van der Waals surface area contributed by atoms with Gasteiger partial charge in [0.05, 0.1) is 6.61 Å². The van der Waals surface area contributed by atoms with Crippen molar-refractivity contribution < 1.29 is 19.4 Å². The molecule has 4 heteroatoms. The van der Waals surface area contributed by atoms with Crippen molar-refractivity contribution in [1.82, 2.24) is 0 Å². The normalized spacial score (nSPS) is 12.5. The van der Waals surface area contributed by atoms with Crippen molar-refractivity contribution in [2.75, 3.05) is 6.61 Å². The molecule has 25 heavy (non-hydrogen) atoms. The summed E-state index contributed by atoms with van der Waals surface area (Å²) in [5.41, 5.74) is 1.13. The summed E-state index contributed by atoms with van der Waals surface area (Å²) in [4.78, 5) is 20.8. The van der Waals surface area contributed by atoms with E-state index in [0.29, 0.717) is 12.5 Å². The molecule has 0 radical (unpaired) electrons. The van der Waals surface area contributed by atoms with Crippen molar-refractivity contribution in [2.24, 2.45) is 11.8 Å². The molecule has 144 valence electrons. The lowest BCUT2D eigenvalue weighted by atomic mass is 9.97. The molecule has 0 aliphatic carbocycles. The Bertz CT molecular complexity index is 447. The van der Waals surface area contributed by atoms with Crippen LogP contribution in [0, 0.1) is 11.8 Å². The van der Waals surface area contributed by atoms with E-state index < -0.39 is 5.97 Å². The number of carbonyl (C=O) groups is 2. The zero-order valence-electron chi connectivity index (χ0n) is 16.8. The number of carboxylic acids is 1. The lowest BCUT2D eigenvalue weighted by Crippen LogP contribution is -1.99. The van der Waals surface area contributed by atoms with Crippen molar-refractivity contribution in [3.63, 3.8) is 0 Å². The van der Waals surface area contributed by atoms with Crippen LogP contribution in [-0.4, -0.2) is 23.7 Å². The van der Waals surface area contributed by atoms with Crippen molar-refractivity contribution in [1.29, 1.82) is 0 Å². The van der Waals surface area contributed by atoms with Gasteiger partial charge in [-0.05, 0) is 44.6 Å². The number of rotatable bonds is 10. The van der Waals surface area contributed by atoms with Crippen LogP contribution in [0.2, 0.25) is 0 Å². The average Bonchev–Trinajstić information content (AvgIpc) is 2.47. The molecular formula is C21H36O4. The Balaban J connectivity index is 0. The lowest BCUT2D eigenvalue weighted by molar-refractivity contribution is -0.137. The predicted molar refractivity (Wildman–Crippen MR) is 104 cm³/mol. The van der Waals surface area contributed by atoms with Crippen molar-refractivity contribution in [3.8, 4) is 0 Å². The Labute approximate surface area is 153 Å². The monoisotopic (exact) mass is 352 g/mol. The van der Waals surface area contributed by atoms with Gasteiger partial charge in [-0.1, -0.05) is 58.8 Å². The Morgan fingerprint density at radius 2 is 1.72 bits per heavy atom. The molecule has 1 unspecified atom stereocenters.